The first kappa shape index (κ1) is 15.3. The van der Waals surface area contributed by atoms with Gasteiger partial charge in [-0.25, -0.2) is 13.1 Å². The topological polar surface area (TPSA) is 111 Å². The molecular formula is C11H17N3O4S. The summed E-state index contributed by atoms with van der Waals surface area (Å²) in [6.45, 7) is 1.66. The van der Waals surface area contributed by atoms with Crippen molar-refractivity contribution in [3.05, 3.63) is 18.2 Å². The minimum Gasteiger partial charge on any atom is -0.497 e. The van der Waals surface area contributed by atoms with Gasteiger partial charge in [0.1, 0.15) is 10.6 Å². The lowest BCUT2D eigenvalue weighted by Crippen LogP contribution is -2.33. The van der Waals surface area contributed by atoms with Crippen LogP contribution in [0, 0.1) is 0 Å². The van der Waals surface area contributed by atoms with Gasteiger partial charge >= 0.3 is 0 Å². The average Bonchev–Trinajstić information content (AvgIpc) is 2.34. The van der Waals surface area contributed by atoms with E-state index in [9.17, 15) is 13.2 Å². The van der Waals surface area contributed by atoms with Crippen molar-refractivity contribution in [2.75, 3.05) is 25.9 Å². The van der Waals surface area contributed by atoms with Crippen molar-refractivity contribution in [1.29, 1.82) is 0 Å². The fourth-order valence-electron chi connectivity index (χ4n) is 1.40. The van der Waals surface area contributed by atoms with Crippen molar-refractivity contribution in [2.45, 2.75) is 11.8 Å². The van der Waals surface area contributed by atoms with Crippen LogP contribution in [0.25, 0.3) is 0 Å². The van der Waals surface area contributed by atoms with Crippen LogP contribution in [0.4, 0.5) is 5.69 Å². The second kappa shape index (κ2) is 6.39. The Bertz CT molecular complexity index is 557. The van der Waals surface area contributed by atoms with Gasteiger partial charge in [-0.05, 0) is 12.1 Å². The summed E-state index contributed by atoms with van der Waals surface area (Å²) in [5, 5.41) is 2.49. The third kappa shape index (κ3) is 4.42. The molecule has 0 atom stereocenters. The highest BCUT2D eigenvalue weighted by Gasteiger charge is 2.17. The molecule has 0 spiro atoms. The van der Waals surface area contributed by atoms with Gasteiger partial charge < -0.3 is 15.8 Å². The van der Waals surface area contributed by atoms with Gasteiger partial charge in [0.2, 0.25) is 15.9 Å². The molecule has 0 unspecified atom stereocenters. The molecule has 1 aromatic carbocycles. The van der Waals surface area contributed by atoms with Crippen LogP contribution in [0.1, 0.15) is 6.92 Å². The lowest BCUT2D eigenvalue weighted by molar-refractivity contribution is -0.118. The van der Waals surface area contributed by atoms with E-state index in [4.69, 9.17) is 10.5 Å². The second-order valence-corrected chi connectivity index (χ2v) is 5.52. The molecule has 0 bridgehead atoms. The minimum absolute atomic E-state index is 0.0175. The highest BCUT2D eigenvalue weighted by atomic mass is 32.2. The van der Waals surface area contributed by atoms with Crippen LogP contribution in [-0.4, -0.2) is 34.5 Å². The number of anilines is 1. The molecule has 19 heavy (non-hydrogen) atoms. The second-order valence-electron chi connectivity index (χ2n) is 3.78. The Morgan fingerprint density at radius 3 is 2.58 bits per heavy atom. The first-order chi connectivity index (χ1) is 8.86. The van der Waals surface area contributed by atoms with Crippen LogP contribution in [0.15, 0.2) is 23.1 Å². The van der Waals surface area contributed by atoms with Gasteiger partial charge in [-0.1, -0.05) is 0 Å². The van der Waals surface area contributed by atoms with Crippen LogP contribution < -0.4 is 20.5 Å². The Hall–Kier alpha value is -1.80. The molecule has 0 saturated heterocycles. The van der Waals surface area contributed by atoms with Gasteiger partial charge in [0.25, 0.3) is 0 Å². The number of ether oxygens (including phenoxy) is 1. The zero-order valence-corrected chi connectivity index (χ0v) is 11.6. The van der Waals surface area contributed by atoms with Crippen molar-refractivity contribution in [2.24, 2.45) is 0 Å². The van der Waals surface area contributed by atoms with Gasteiger partial charge in [-0.3, -0.25) is 4.79 Å². The fraction of sp³-hybridized carbons (Fsp3) is 0.364. The molecule has 0 aromatic heterocycles. The lowest BCUT2D eigenvalue weighted by atomic mass is 10.3. The van der Waals surface area contributed by atoms with Crippen LogP contribution in [0.5, 0.6) is 5.75 Å². The molecular weight excluding hydrogens is 270 g/mol. The number of methoxy groups -OCH3 is 1. The van der Waals surface area contributed by atoms with E-state index < -0.39 is 10.0 Å². The van der Waals surface area contributed by atoms with Crippen molar-refractivity contribution in [1.82, 2.24) is 10.0 Å². The molecule has 4 N–H and O–H groups in total. The van der Waals surface area contributed by atoms with E-state index in [1.807, 2.05) is 0 Å². The summed E-state index contributed by atoms with van der Waals surface area (Å²) in [4.78, 5) is 10.6. The SMILES string of the molecule is COc1ccc(S(=O)(=O)NCCNC(C)=O)c(N)c1. The van der Waals surface area contributed by atoms with Gasteiger partial charge in [-0.2, -0.15) is 0 Å². The molecule has 1 aromatic rings. The number of nitrogens with two attached hydrogens (primary N) is 1. The number of carbonyl (C=O) groups excluding carboxylic acids is 1. The van der Waals surface area contributed by atoms with E-state index in [0.717, 1.165) is 0 Å². The summed E-state index contributed by atoms with van der Waals surface area (Å²) in [6.07, 6.45) is 0. The maximum Gasteiger partial charge on any atom is 0.242 e. The smallest absolute Gasteiger partial charge is 0.242 e. The molecule has 8 heteroatoms. The number of benzene rings is 1. The lowest BCUT2D eigenvalue weighted by Gasteiger charge is -2.10. The predicted molar refractivity (Wildman–Crippen MR) is 71.3 cm³/mol. The summed E-state index contributed by atoms with van der Waals surface area (Å²) in [5.41, 5.74) is 5.77. The molecule has 106 valence electrons. The number of hydrogen-bond acceptors (Lipinski definition) is 5. The zero-order valence-electron chi connectivity index (χ0n) is 10.8. The number of hydrogen-bond donors (Lipinski definition) is 3. The molecule has 0 fully saturated rings. The third-order valence-corrected chi connectivity index (χ3v) is 3.83. The van der Waals surface area contributed by atoms with Gasteiger partial charge in [0.05, 0.1) is 12.8 Å². The Morgan fingerprint density at radius 1 is 1.37 bits per heavy atom. The number of amides is 1. The number of rotatable bonds is 6. The highest BCUT2D eigenvalue weighted by molar-refractivity contribution is 7.89. The molecule has 0 aliphatic rings. The average molecular weight is 287 g/mol. The van der Waals surface area contributed by atoms with E-state index in [1.54, 1.807) is 0 Å². The van der Waals surface area contributed by atoms with Gasteiger partial charge in [0.15, 0.2) is 0 Å². The quantitative estimate of drug-likeness (QED) is 0.491. The Labute approximate surface area is 112 Å². The summed E-state index contributed by atoms with van der Waals surface area (Å²) >= 11 is 0. The van der Waals surface area contributed by atoms with Crippen molar-refractivity contribution in [3.8, 4) is 5.75 Å². The molecule has 1 rings (SSSR count). The monoisotopic (exact) mass is 287 g/mol. The molecule has 0 heterocycles. The van der Waals surface area contributed by atoms with Gasteiger partial charge in [0, 0.05) is 26.1 Å². The summed E-state index contributed by atoms with van der Waals surface area (Å²) in [5.74, 6) is 0.262. The van der Waals surface area contributed by atoms with Crippen LogP contribution in [0.2, 0.25) is 0 Å². The fourth-order valence-corrected chi connectivity index (χ4v) is 2.54. The van der Waals surface area contributed by atoms with Crippen LogP contribution in [-0.2, 0) is 14.8 Å². The Kier molecular flexibility index (Phi) is 5.13. The normalized spacial score (nSPS) is 11.1. The number of nitrogens with one attached hydrogen (secondary N) is 2. The van der Waals surface area contributed by atoms with E-state index in [2.05, 4.69) is 10.0 Å². The Balaban J connectivity index is 2.74. The van der Waals surface area contributed by atoms with Crippen LogP contribution >= 0.6 is 0 Å². The number of carbonyl (C=O) groups is 1. The third-order valence-electron chi connectivity index (χ3n) is 2.30. The minimum atomic E-state index is -3.70. The van der Waals surface area contributed by atoms with Crippen LogP contribution in [0.3, 0.4) is 0 Å². The van der Waals surface area contributed by atoms with E-state index in [0.29, 0.717) is 5.75 Å². The van der Waals surface area contributed by atoms with E-state index in [-0.39, 0.29) is 29.6 Å². The molecule has 1 amide bonds. The predicted octanol–water partition coefficient (Wildman–Crippen LogP) is -0.308. The zero-order chi connectivity index (χ0) is 14.5. The highest BCUT2D eigenvalue weighted by Crippen LogP contribution is 2.23. The van der Waals surface area contributed by atoms with Crippen molar-refractivity contribution < 1.29 is 17.9 Å². The largest absolute Gasteiger partial charge is 0.497 e. The first-order valence-electron chi connectivity index (χ1n) is 5.54. The van der Waals surface area contributed by atoms with Crippen molar-refractivity contribution >= 4 is 21.6 Å². The van der Waals surface area contributed by atoms with E-state index in [1.165, 1.54) is 32.2 Å². The van der Waals surface area contributed by atoms with Crippen molar-refractivity contribution in [3.63, 3.8) is 0 Å². The molecule has 7 nitrogen and oxygen atoms in total. The summed E-state index contributed by atoms with van der Waals surface area (Å²) < 4.78 is 31.2. The van der Waals surface area contributed by atoms with Gasteiger partial charge in [-0.15, -0.1) is 0 Å². The molecule has 0 aliphatic heterocycles. The molecule has 0 aliphatic carbocycles. The maximum atomic E-state index is 12.0. The van der Waals surface area contributed by atoms with E-state index >= 15 is 0 Å². The Morgan fingerprint density at radius 2 is 2.05 bits per heavy atom. The standard InChI is InChI=1S/C11H17N3O4S/c1-8(15)13-5-6-14-19(16,17)11-4-3-9(18-2)7-10(11)12/h3-4,7,14H,5-6,12H2,1-2H3,(H,13,15). The summed E-state index contributed by atoms with van der Waals surface area (Å²) in [7, 11) is -2.23. The number of nitrogen functional groups attached to an aromatic ring is 1. The first-order valence-corrected chi connectivity index (χ1v) is 7.03. The molecule has 0 saturated carbocycles. The molecule has 0 radical (unpaired) electrons. The number of sulfonamides is 1. The summed E-state index contributed by atoms with van der Waals surface area (Å²) in [6, 6.07) is 4.32. The maximum absolute atomic E-state index is 12.0.